The molecule has 0 heterocycles. The Morgan fingerprint density at radius 3 is 2.31 bits per heavy atom. The molecule has 3 heteroatoms. The SMILES string of the molecule is C\C=C(/C=C\C(=C/C)OC)NC=O. The van der Waals surface area contributed by atoms with Crippen LogP contribution in [0.2, 0.25) is 0 Å². The lowest BCUT2D eigenvalue weighted by atomic mass is 10.3. The zero-order valence-electron chi connectivity index (χ0n) is 8.20. The molecule has 0 unspecified atom stereocenters. The molecule has 1 N–H and O–H groups in total. The maximum Gasteiger partial charge on any atom is 0.211 e. The van der Waals surface area contributed by atoms with Gasteiger partial charge >= 0.3 is 0 Å². The number of hydrogen-bond acceptors (Lipinski definition) is 2. The van der Waals surface area contributed by atoms with E-state index in [1.807, 2.05) is 19.9 Å². The highest BCUT2D eigenvalue weighted by molar-refractivity contribution is 5.51. The molecule has 1 amide bonds. The van der Waals surface area contributed by atoms with Crippen LogP contribution in [0.3, 0.4) is 0 Å². The number of carbonyl (C=O) groups is 1. The quantitative estimate of drug-likeness (QED) is 0.398. The molecule has 72 valence electrons. The minimum atomic E-state index is 0.641. The highest BCUT2D eigenvalue weighted by Crippen LogP contribution is 1.99. The summed E-state index contributed by atoms with van der Waals surface area (Å²) in [5.74, 6) is 0.757. The average Bonchev–Trinajstić information content (AvgIpc) is 2.17. The minimum Gasteiger partial charge on any atom is -0.497 e. The lowest BCUT2D eigenvalue weighted by Gasteiger charge is -1.99. The van der Waals surface area contributed by atoms with Crippen molar-refractivity contribution >= 4 is 6.41 Å². The molecular weight excluding hydrogens is 166 g/mol. The van der Waals surface area contributed by atoms with Crippen molar-refractivity contribution in [3.8, 4) is 0 Å². The van der Waals surface area contributed by atoms with Gasteiger partial charge in [-0.05, 0) is 32.1 Å². The number of hydrogen-bond donors (Lipinski definition) is 1. The number of ether oxygens (including phenoxy) is 1. The normalized spacial score (nSPS) is 13.2. The fourth-order valence-electron chi connectivity index (χ4n) is 0.750. The van der Waals surface area contributed by atoms with E-state index in [1.54, 1.807) is 25.3 Å². The van der Waals surface area contributed by atoms with Crippen LogP contribution < -0.4 is 5.32 Å². The minimum absolute atomic E-state index is 0.641. The van der Waals surface area contributed by atoms with Crippen LogP contribution in [-0.2, 0) is 9.53 Å². The first-order valence-corrected chi connectivity index (χ1v) is 4.03. The van der Waals surface area contributed by atoms with Gasteiger partial charge in [-0.15, -0.1) is 0 Å². The maximum atomic E-state index is 10.1. The summed E-state index contributed by atoms with van der Waals surface area (Å²) in [5, 5.41) is 2.55. The van der Waals surface area contributed by atoms with Crippen LogP contribution in [0.15, 0.2) is 35.8 Å². The zero-order chi connectivity index (χ0) is 10.1. The van der Waals surface area contributed by atoms with Crippen LogP contribution in [0.1, 0.15) is 13.8 Å². The standard InChI is InChI=1S/C10H15NO2/c1-4-9(11-8-12)6-7-10(5-2)13-3/h4-8H,1-3H3,(H,11,12)/b7-6-,9-4+,10-5+. The summed E-state index contributed by atoms with van der Waals surface area (Å²) >= 11 is 0. The van der Waals surface area contributed by atoms with Crippen molar-refractivity contribution in [2.45, 2.75) is 13.8 Å². The number of methoxy groups -OCH3 is 1. The molecular formula is C10H15NO2. The van der Waals surface area contributed by atoms with E-state index in [1.165, 1.54) is 0 Å². The second-order valence-corrected chi connectivity index (χ2v) is 2.23. The van der Waals surface area contributed by atoms with E-state index >= 15 is 0 Å². The molecule has 0 aliphatic rings. The Bertz CT molecular complexity index is 239. The highest BCUT2D eigenvalue weighted by Gasteiger charge is 1.88. The summed E-state index contributed by atoms with van der Waals surface area (Å²) < 4.78 is 5.00. The first kappa shape index (κ1) is 11.5. The van der Waals surface area contributed by atoms with Gasteiger partial charge < -0.3 is 10.1 Å². The smallest absolute Gasteiger partial charge is 0.211 e. The highest BCUT2D eigenvalue weighted by atomic mass is 16.5. The molecule has 0 spiro atoms. The molecule has 0 aromatic rings. The van der Waals surface area contributed by atoms with E-state index < -0.39 is 0 Å². The summed E-state index contributed by atoms with van der Waals surface area (Å²) in [6, 6.07) is 0. The molecule has 0 rings (SSSR count). The number of carbonyl (C=O) groups excluding carboxylic acids is 1. The van der Waals surface area contributed by atoms with Gasteiger partial charge in [0, 0.05) is 5.70 Å². The van der Waals surface area contributed by atoms with Crippen LogP contribution >= 0.6 is 0 Å². The fourth-order valence-corrected chi connectivity index (χ4v) is 0.750. The topological polar surface area (TPSA) is 38.3 Å². The Labute approximate surface area is 78.8 Å². The van der Waals surface area contributed by atoms with Crippen molar-refractivity contribution in [1.82, 2.24) is 5.32 Å². The molecule has 0 aromatic heterocycles. The van der Waals surface area contributed by atoms with Gasteiger partial charge in [0.25, 0.3) is 0 Å². The predicted molar refractivity (Wildman–Crippen MR) is 52.9 cm³/mol. The number of allylic oxidation sites excluding steroid dienone is 4. The summed E-state index contributed by atoms with van der Waals surface area (Å²) in [7, 11) is 1.60. The van der Waals surface area contributed by atoms with E-state index in [0.717, 1.165) is 11.5 Å². The number of nitrogens with one attached hydrogen (secondary N) is 1. The number of amides is 1. The van der Waals surface area contributed by atoms with E-state index in [-0.39, 0.29) is 0 Å². The summed E-state index contributed by atoms with van der Waals surface area (Å²) in [6.07, 6.45) is 7.83. The zero-order valence-corrected chi connectivity index (χ0v) is 8.20. The predicted octanol–water partition coefficient (Wildman–Crippen LogP) is 1.74. The average molecular weight is 181 g/mol. The van der Waals surface area contributed by atoms with Crippen molar-refractivity contribution in [3.63, 3.8) is 0 Å². The maximum absolute atomic E-state index is 10.1. The number of rotatable bonds is 5. The van der Waals surface area contributed by atoms with Crippen molar-refractivity contribution in [1.29, 1.82) is 0 Å². The van der Waals surface area contributed by atoms with E-state index in [0.29, 0.717) is 6.41 Å². The fraction of sp³-hybridized carbons (Fsp3) is 0.300. The third-order valence-corrected chi connectivity index (χ3v) is 1.48. The summed E-state index contributed by atoms with van der Waals surface area (Å²) in [6.45, 7) is 3.73. The van der Waals surface area contributed by atoms with Crippen LogP contribution in [0.4, 0.5) is 0 Å². The Kier molecular flexibility index (Phi) is 6.32. The van der Waals surface area contributed by atoms with E-state index in [4.69, 9.17) is 4.74 Å². The van der Waals surface area contributed by atoms with Crippen molar-refractivity contribution in [3.05, 3.63) is 35.8 Å². The van der Waals surface area contributed by atoms with Crippen molar-refractivity contribution in [2.24, 2.45) is 0 Å². The van der Waals surface area contributed by atoms with Crippen LogP contribution in [0.5, 0.6) is 0 Å². The van der Waals surface area contributed by atoms with Gasteiger partial charge in [-0.25, -0.2) is 0 Å². The molecule has 0 fully saturated rings. The largest absolute Gasteiger partial charge is 0.497 e. The Morgan fingerprint density at radius 1 is 1.23 bits per heavy atom. The third kappa shape index (κ3) is 4.85. The van der Waals surface area contributed by atoms with Gasteiger partial charge in [-0.2, -0.15) is 0 Å². The van der Waals surface area contributed by atoms with Crippen molar-refractivity contribution < 1.29 is 9.53 Å². The molecule has 0 saturated carbocycles. The Hall–Kier alpha value is -1.51. The second kappa shape index (κ2) is 7.16. The van der Waals surface area contributed by atoms with E-state index in [9.17, 15) is 4.79 Å². The molecule has 0 bridgehead atoms. The lowest BCUT2D eigenvalue weighted by Crippen LogP contribution is -2.07. The Morgan fingerprint density at radius 2 is 1.92 bits per heavy atom. The molecule has 0 aliphatic heterocycles. The molecule has 0 radical (unpaired) electrons. The monoisotopic (exact) mass is 181 g/mol. The molecule has 13 heavy (non-hydrogen) atoms. The second-order valence-electron chi connectivity index (χ2n) is 2.23. The first-order valence-electron chi connectivity index (χ1n) is 4.03. The van der Waals surface area contributed by atoms with Gasteiger partial charge in [-0.3, -0.25) is 4.79 Å². The van der Waals surface area contributed by atoms with Gasteiger partial charge in [0.1, 0.15) is 5.76 Å². The van der Waals surface area contributed by atoms with Gasteiger partial charge in [0.05, 0.1) is 7.11 Å². The molecule has 0 aliphatic carbocycles. The lowest BCUT2D eigenvalue weighted by molar-refractivity contribution is -0.108. The Balaban J connectivity index is 4.30. The third-order valence-electron chi connectivity index (χ3n) is 1.48. The molecule has 3 nitrogen and oxygen atoms in total. The first-order chi connectivity index (χ1) is 6.28. The summed E-state index contributed by atoms with van der Waals surface area (Å²) in [5.41, 5.74) is 0.742. The van der Waals surface area contributed by atoms with Gasteiger partial charge in [0.15, 0.2) is 0 Å². The van der Waals surface area contributed by atoms with Crippen LogP contribution in [0.25, 0.3) is 0 Å². The molecule has 0 aromatic carbocycles. The van der Waals surface area contributed by atoms with Gasteiger partial charge in [-0.1, -0.05) is 6.08 Å². The van der Waals surface area contributed by atoms with Crippen LogP contribution in [-0.4, -0.2) is 13.5 Å². The molecule has 0 atom stereocenters. The van der Waals surface area contributed by atoms with Crippen molar-refractivity contribution in [2.75, 3.05) is 7.11 Å². The van der Waals surface area contributed by atoms with Crippen LogP contribution in [0, 0.1) is 0 Å². The summed E-state index contributed by atoms with van der Waals surface area (Å²) in [4.78, 5) is 10.1. The molecule has 0 saturated heterocycles. The van der Waals surface area contributed by atoms with Gasteiger partial charge in [0.2, 0.25) is 6.41 Å². The van der Waals surface area contributed by atoms with E-state index in [2.05, 4.69) is 5.32 Å².